The molecule has 1 amide bonds. The van der Waals surface area contributed by atoms with Gasteiger partial charge < -0.3 is 14.8 Å². The van der Waals surface area contributed by atoms with Crippen LogP contribution in [-0.2, 0) is 20.9 Å². The Bertz CT molecular complexity index is 1020. The number of ether oxygens (including phenoxy) is 2. The number of carbonyl (C=O) groups excluding carboxylic acids is 2. The normalized spacial score (nSPS) is 10.9. The molecular formula is C25H24N2O4. The molecular weight excluding hydrogens is 392 g/mol. The molecule has 0 bridgehead atoms. The highest BCUT2D eigenvalue weighted by atomic mass is 16.6. The van der Waals surface area contributed by atoms with Gasteiger partial charge in [0.2, 0.25) is 5.91 Å². The van der Waals surface area contributed by atoms with Crippen LogP contribution in [0.25, 0.3) is 5.57 Å². The zero-order valence-corrected chi connectivity index (χ0v) is 17.3. The minimum atomic E-state index is -0.415. The second-order valence-electron chi connectivity index (χ2n) is 6.62. The Morgan fingerprint density at radius 1 is 0.968 bits per heavy atom. The van der Waals surface area contributed by atoms with Gasteiger partial charge in [0.25, 0.3) is 0 Å². The molecule has 1 heterocycles. The van der Waals surface area contributed by atoms with Gasteiger partial charge in [0, 0.05) is 25.0 Å². The summed E-state index contributed by atoms with van der Waals surface area (Å²) in [7, 11) is 0. The first-order valence-corrected chi connectivity index (χ1v) is 9.98. The topological polar surface area (TPSA) is 77.5 Å². The van der Waals surface area contributed by atoms with E-state index in [1.54, 1.807) is 37.5 Å². The molecule has 0 atom stereocenters. The summed E-state index contributed by atoms with van der Waals surface area (Å²) in [5, 5.41) is 2.89. The third-order valence-corrected chi connectivity index (χ3v) is 4.38. The van der Waals surface area contributed by atoms with Crippen molar-refractivity contribution in [3.8, 4) is 5.75 Å². The molecule has 0 saturated carbocycles. The average molecular weight is 416 g/mol. The fourth-order valence-electron chi connectivity index (χ4n) is 2.90. The van der Waals surface area contributed by atoms with E-state index >= 15 is 0 Å². The minimum absolute atomic E-state index is 0.148. The molecule has 0 unspecified atom stereocenters. The Balaban J connectivity index is 1.75. The van der Waals surface area contributed by atoms with Crippen molar-refractivity contribution in [1.29, 1.82) is 0 Å². The predicted octanol–water partition coefficient (Wildman–Crippen LogP) is 3.77. The number of aromatic nitrogens is 1. The number of benzene rings is 2. The summed E-state index contributed by atoms with van der Waals surface area (Å²) >= 11 is 0. The van der Waals surface area contributed by atoms with Crippen molar-refractivity contribution in [2.45, 2.75) is 13.5 Å². The summed E-state index contributed by atoms with van der Waals surface area (Å²) in [4.78, 5) is 28.1. The van der Waals surface area contributed by atoms with Gasteiger partial charge in [0.1, 0.15) is 5.75 Å². The first kappa shape index (κ1) is 21.8. The number of rotatable bonds is 9. The van der Waals surface area contributed by atoms with E-state index in [0.717, 1.165) is 22.3 Å². The van der Waals surface area contributed by atoms with Gasteiger partial charge in [0.15, 0.2) is 6.61 Å². The maximum Gasteiger partial charge on any atom is 0.344 e. The number of hydrogen-bond donors (Lipinski definition) is 1. The summed E-state index contributed by atoms with van der Waals surface area (Å²) in [6.07, 6.45) is 5.00. The molecule has 0 aliphatic carbocycles. The molecule has 0 spiro atoms. The highest BCUT2D eigenvalue weighted by molar-refractivity contribution is 5.99. The van der Waals surface area contributed by atoms with Gasteiger partial charge in [-0.1, -0.05) is 48.5 Å². The maximum absolute atomic E-state index is 12.6. The zero-order valence-electron chi connectivity index (χ0n) is 17.3. The fourth-order valence-corrected chi connectivity index (χ4v) is 2.90. The van der Waals surface area contributed by atoms with Crippen LogP contribution in [0.3, 0.4) is 0 Å². The van der Waals surface area contributed by atoms with Crippen LogP contribution in [0.15, 0.2) is 85.2 Å². The van der Waals surface area contributed by atoms with E-state index in [2.05, 4.69) is 10.3 Å². The van der Waals surface area contributed by atoms with E-state index in [-0.39, 0.29) is 12.5 Å². The number of amides is 1. The highest BCUT2D eigenvalue weighted by Gasteiger charge is 2.09. The van der Waals surface area contributed by atoms with Crippen LogP contribution >= 0.6 is 0 Å². The molecule has 3 rings (SSSR count). The Hall–Kier alpha value is -3.93. The smallest absolute Gasteiger partial charge is 0.344 e. The van der Waals surface area contributed by atoms with Crippen LogP contribution in [0.1, 0.15) is 23.6 Å². The molecule has 0 radical (unpaired) electrons. The summed E-state index contributed by atoms with van der Waals surface area (Å²) in [5.74, 6) is -0.0719. The SMILES string of the molecule is CCOC(=O)COc1ccc(/C(=C\C(=O)NCc2cccnc2)c2ccccc2)cc1. The lowest BCUT2D eigenvalue weighted by atomic mass is 9.97. The van der Waals surface area contributed by atoms with Crippen LogP contribution < -0.4 is 10.1 Å². The Kier molecular flexibility index (Phi) is 7.94. The van der Waals surface area contributed by atoms with Crippen molar-refractivity contribution in [2.75, 3.05) is 13.2 Å². The molecule has 0 saturated heterocycles. The van der Waals surface area contributed by atoms with E-state index < -0.39 is 5.97 Å². The van der Waals surface area contributed by atoms with Gasteiger partial charge in [-0.05, 0) is 47.4 Å². The van der Waals surface area contributed by atoms with E-state index in [0.29, 0.717) is 18.9 Å². The molecule has 6 heteroatoms. The maximum atomic E-state index is 12.6. The van der Waals surface area contributed by atoms with Crippen molar-refractivity contribution in [3.63, 3.8) is 0 Å². The number of esters is 1. The Morgan fingerprint density at radius 2 is 1.71 bits per heavy atom. The number of nitrogens with zero attached hydrogens (tertiary/aromatic N) is 1. The number of pyridine rings is 1. The second kappa shape index (κ2) is 11.3. The number of nitrogens with one attached hydrogen (secondary N) is 1. The first-order chi connectivity index (χ1) is 15.2. The predicted molar refractivity (Wildman–Crippen MR) is 118 cm³/mol. The van der Waals surface area contributed by atoms with Crippen LogP contribution in [0.5, 0.6) is 5.75 Å². The Labute approximate surface area is 181 Å². The lowest BCUT2D eigenvalue weighted by molar-refractivity contribution is -0.145. The van der Waals surface area contributed by atoms with Gasteiger partial charge >= 0.3 is 5.97 Å². The van der Waals surface area contributed by atoms with E-state index in [9.17, 15) is 9.59 Å². The van der Waals surface area contributed by atoms with Crippen LogP contribution in [0, 0.1) is 0 Å². The molecule has 0 fully saturated rings. The average Bonchev–Trinajstić information content (AvgIpc) is 2.82. The fraction of sp³-hybridized carbons (Fsp3) is 0.160. The van der Waals surface area contributed by atoms with E-state index in [1.165, 1.54) is 0 Å². The number of hydrogen-bond acceptors (Lipinski definition) is 5. The van der Waals surface area contributed by atoms with Gasteiger partial charge in [-0.25, -0.2) is 4.79 Å². The van der Waals surface area contributed by atoms with Crippen LogP contribution in [-0.4, -0.2) is 30.1 Å². The Morgan fingerprint density at radius 3 is 2.39 bits per heavy atom. The zero-order chi connectivity index (χ0) is 21.9. The summed E-state index contributed by atoms with van der Waals surface area (Å²) < 4.78 is 10.3. The van der Waals surface area contributed by atoms with Gasteiger partial charge in [-0.3, -0.25) is 9.78 Å². The van der Waals surface area contributed by atoms with Crippen molar-refractivity contribution in [1.82, 2.24) is 10.3 Å². The summed E-state index contributed by atoms with van der Waals surface area (Å²) in [6.45, 7) is 2.31. The van der Waals surface area contributed by atoms with E-state index in [1.807, 2.05) is 54.6 Å². The quantitative estimate of drug-likeness (QED) is 0.424. The van der Waals surface area contributed by atoms with Gasteiger partial charge in [-0.15, -0.1) is 0 Å². The highest BCUT2D eigenvalue weighted by Crippen LogP contribution is 2.25. The van der Waals surface area contributed by atoms with Crippen LogP contribution in [0.2, 0.25) is 0 Å². The lowest BCUT2D eigenvalue weighted by Crippen LogP contribution is -2.21. The molecule has 1 aromatic heterocycles. The lowest BCUT2D eigenvalue weighted by Gasteiger charge is -2.11. The third-order valence-electron chi connectivity index (χ3n) is 4.38. The van der Waals surface area contributed by atoms with Crippen molar-refractivity contribution >= 4 is 17.4 Å². The van der Waals surface area contributed by atoms with Crippen molar-refractivity contribution in [3.05, 3.63) is 102 Å². The standard InChI is InChI=1S/C25H24N2O4/c1-2-30-25(29)18-31-22-12-10-21(11-13-22)23(20-8-4-3-5-9-20)15-24(28)27-17-19-7-6-14-26-16-19/h3-16H,2,17-18H2,1H3,(H,27,28)/b23-15-. The van der Waals surface area contributed by atoms with Crippen molar-refractivity contribution < 1.29 is 19.1 Å². The molecule has 0 aliphatic rings. The third kappa shape index (κ3) is 6.82. The van der Waals surface area contributed by atoms with Crippen LogP contribution in [0.4, 0.5) is 0 Å². The summed E-state index contributed by atoms with van der Waals surface area (Å²) in [6, 6.07) is 20.6. The monoisotopic (exact) mass is 416 g/mol. The molecule has 6 nitrogen and oxygen atoms in total. The molecule has 0 aliphatic heterocycles. The van der Waals surface area contributed by atoms with E-state index in [4.69, 9.17) is 9.47 Å². The molecule has 158 valence electrons. The molecule has 2 aromatic carbocycles. The minimum Gasteiger partial charge on any atom is -0.482 e. The van der Waals surface area contributed by atoms with Gasteiger partial charge in [0.05, 0.1) is 6.61 Å². The molecule has 31 heavy (non-hydrogen) atoms. The van der Waals surface area contributed by atoms with Gasteiger partial charge in [-0.2, -0.15) is 0 Å². The van der Waals surface area contributed by atoms with Crippen molar-refractivity contribution in [2.24, 2.45) is 0 Å². The second-order valence-corrected chi connectivity index (χ2v) is 6.62. The summed E-state index contributed by atoms with van der Waals surface area (Å²) in [5.41, 5.74) is 3.47. The first-order valence-electron chi connectivity index (χ1n) is 9.98. The largest absolute Gasteiger partial charge is 0.482 e. The molecule has 3 aromatic rings. The number of carbonyl (C=O) groups is 2. The molecule has 1 N–H and O–H groups in total.